The summed E-state index contributed by atoms with van der Waals surface area (Å²) in [6.45, 7) is -0.270. The van der Waals surface area contributed by atoms with E-state index in [0.717, 1.165) is 0 Å². The third-order valence-corrected chi connectivity index (χ3v) is 3.18. The number of rotatable bonds is 6. The molecule has 0 radical (unpaired) electrons. The van der Waals surface area contributed by atoms with E-state index >= 15 is 0 Å². The van der Waals surface area contributed by atoms with E-state index in [9.17, 15) is 4.39 Å². The normalized spacial score (nSPS) is 12.5. The van der Waals surface area contributed by atoms with Crippen LogP contribution in [0.4, 0.5) is 4.39 Å². The summed E-state index contributed by atoms with van der Waals surface area (Å²) in [6, 6.07) is 4.96. The molecule has 0 aliphatic carbocycles. The standard InChI is InChI=1S/C11H15FO3S/c1-15-10-4-2-3-8(11(10)12)6-16-7-9(14)5-13/h2-4,9,13-14H,5-7H2,1H3. The van der Waals surface area contributed by atoms with Gasteiger partial charge in [-0.25, -0.2) is 4.39 Å². The van der Waals surface area contributed by atoms with Crippen LogP contribution >= 0.6 is 11.8 Å². The fraction of sp³-hybridized carbons (Fsp3) is 0.455. The van der Waals surface area contributed by atoms with Gasteiger partial charge in [-0.05, 0) is 6.07 Å². The number of hydrogen-bond acceptors (Lipinski definition) is 4. The SMILES string of the molecule is COc1cccc(CSCC(O)CO)c1F. The molecule has 3 nitrogen and oxygen atoms in total. The number of aliphatic hydroxyl groups excluding tert-OH is 2. The van der Waals surface area contributed by atoms with Gasteiger partial charge < -0.3 is 14.9 Å². The molecule has 2 N–H and O–H groups in total. The molecule has 0 aliphatic heterocycles. The fourth-order valence-electron chi connectivity index (χ4n) is 1.18. The fourth-order valence-corrected chi connectivity index (χ4v) is 2.12. The molecule has 0 bridgehead atoms. The topological polar surface area (TPSA) is 49.7 Å². The van der Waals surface area contributed by atoms with Gasteiger partial charge in [0, 0.05) is 17.1 Å². The Morgan fingerprint density at radius 1 is 1.50 bits per heavy atom. The molecule has 1 unspecified atom stereocenters. The molecule has 0 spiro atoms. The molecule has 0 amide bonds. The Labute approximate surface area is 98.2 Å². The molecule has 1 aromatic rings. The van der Waals surface area contributed by atoms with E-state index in [2.05, 4.69) is 0 Å². The smallest absolute Gasteiger partial charge is 0.169 e. The monoisotopic (exact) mass is 246 g/mol. The van der Waals surface area contributed by atoms with Crippen molar-refractivity contribution < 1.29 is 19.3 Å². The van der Waals surface area contributed by atoms with Crippen molar-refractivity contribution in [2.45, 2.75) is 11.9 Å². The van der Waals surface area contributed by atoms with Crippen LogP contribution in [0, 0.1) is 5.82 Å². The van der Waals surface area contributed by atoms with Gasteiger partial charge >= 0.3 is 0 Å². The first kappa shape index (κ1) is 13.3. The number of benzene rings is 1. The summed E-state index contributed by atoms with van der Waals surface area (Å²) in [6.07, 6.45) is -0.751. The van der Waals surface area contributed by atoms with Gasteiger partial charge in [-0.1, -0.05) is 12.1 Å². The van der Waals surface area contributed by atoms with Crippen molar-refractivity contribution in [2.75, 3.05) is 19.5 Å². The van der Waals surface area contributed by atoms with E-state index in [1.807, 2.05) is 0 Å². The van der Waals surface area contributed by atoms with Gasteiger partial charge in [0.15, 0.2) is 11.6 Å². The maximum atomic E-state index is 13.6. The second kappa shape index (κ2) is 6.73. The zero-order valence-corrected chi connectivity index (χ0v) is 9.84. The van der Waals surface area contributed by atoms with Crippen molar-refractivity contribution in [1.29, 1.82) is 0 Å². The van der Waals surface area contributed by atoms with Gasteiger partial charge in [0.25, 0.3) is 0 Å². The van der Waals surface area contributed by atoms with Crippen LogP contribution in [-0.2, 0) is 5.75 Å². The molecule has 0 aliphatic rings. The quantitative estimate of drug-likeness (QED) is 0.797. The highest BCUT2D eigenvalue weighted by atomic mass is 32.2. The molecule has 1 rings (SSSR count). The number of aliphatic hydroxyl groups is 2. The molecule has 0 fully saturated rings. The van der Waals surface area contributed by atoms with Gasteiger partial charge in [0.2, 0.25) is 0 Å². The van der Waals surface area contributed by atoms with Crippen LogP contribution in [0.5, 0.6) is 5.75 Å². The zero-order valence-electron chi connectivity index (χ0n) is 9.02. The zero-order chi connectivity index (χ0) is 12.0. The minimum Gasteiger partial charge on any atom is -0.494 e. The van der Waals surface area contributed by atoms with Crippen LogP contribution < -0.4 is 4.74 Å². The van der Waals surface area contributed by atoms with Crippen molar-refractivity contribution >= 4 is 11.8 Å². The maximum Gasteiger partial charge on any atom is 0.169 e. The Kier molecular flexibility index (Phi) is 5.59. The van der Waals surface area contributed by atoms with Crippen LogP contribution in [0.2, 0.25) is 0 Å². The predicted octanol–water partition coefficient (Wildman–Crippen LogP) is 1.42. The molecule has 0 heterocycles. The number of methoxy groups -OCH3 is 1. The molecule has 5 heteroatoms. The van der Waals surface area contributed by atoms with Crippen molar-refractivity contribution in [3.8, 4) is 5.75 Å². The first-order chi connectivity index (χ1) is 7.69. The predicted molar refractivity (Wildman–Crippen MR) is 62.2 cm³/mol. The molecular formula is C11H15FO3S. The summed E-state index contributed by atoms with van der Waals surface area (Å²) in [7, 11) is 1.42. The second-order valence-corrected chi connectivity index (χ2v) is 4.32. The molecule has 0 saturated heterocycles. The van der Waals surface area contributed by atoms with Gasteiger partial charge in [0.1, 0.15) is 0 Å². The first-order valence-electron chi connectivity index (χ1n) is 4.87. The number of ether oxygens (including phenoxy) is 1. The van der Waals surface area contributed by atoms with Crippen molar-refractivity contribution in [2.24, 2.45) is 0 Å². The molecule has 0 saturated carbocycles. The third kappa shape index (κ3) is 3.66. The summed E-state index contributed by atoms with van der Waals surface area (Å²) in [5.74, 6) is 0.685. The number of halogens is 1. The average molecular weight is 246 g/mol. The lowest BCUT2D eigenvalue weighted by atomic mass is 10.2. The highest BCUT2D eigenvalue weighted by molar-refractivity contribution is 7.98. The number of hydrogen-bond donors (Lipinski definition) is 2. The summed E-state index contributed by atoms with van der Waals surface area (Å²) in [5, 5.41) is 17.7. The average Bonchev–Trinajstić information content (AvgIpc) is 2.31. The Bertz CT molecular complexity index is 333. The summed E-state index contributed by atoms with van der Waals surface area (Å²) in [4.78, 5) is 0. The summed E-state index contributed by atoms with van der Waals surface area (Å²) < 4.78 is 18.5. The largest absolute Gasteiger partial charge is 0.494 e. The Morgan fingerprint density at radius 3 is 2.88 bits per heavy atom. The van der Waals surface area contributed by atoms with Crippen LogP contribution in [0.15, 0.2) is 18.2 Å². The van der Waals surface area contributed by atoms with E-state index in [-0.39, 0.29) is 18.2 Å². The van der Waals surface area contributed by atoms with Crippen LogP contribution in [0.3, 0.4) is 0 Å². The molecule has 1 aromatic carbocycles. The Balaban J connectivity index is 2.54. The van der Waals surface area contributed by atoms with E-state index in [1.54, 1.807) is 18.2 Å². The van der Waals surface area contributed by atoms with Gasteiger partial charge in [-0.3, -0.25) is 0 Å². The second-order valence-electron chi connectivity index (χ2n) is 3.28. The molecule has 1 atom stereocenters. The molecular weight excluding hydrogens is 231 g/mol. The van der Waals surface area contributed by atoms with Gasteiger partial charge in [-0.2, -0.15) is 11.8 Å². The first-order valence-corrected chi connectivity index (χ1v) is 6.02. The summed E-state index contributed by atoms with van der Waals surface area (Å²) in [5.41, 5.74) is 0.537. The lowest BCUT2D eigenvalue weighted by Crippen LogP contribution is -2.14. The van der Waals surface area contributed by atoms with Crippen molar-refractivity contribution in [1.82, 2.24) is 0 Å². The van der Waals surface area contributed by atoms with Crippen molar-refractivity contribution in [3.63, 3.8) is 0 Å². The lowest BCUT2D eigenvalue weighted by molar-refractivity contribution is 0.113. The van der Waals surface area contributed by atoms with E-state index in [1.165, 1.54) is 18.9 Å². The van der Waals surface area contributed by atoms with E-state index < -0.39 is 6.10 Å². The van der Waals surface area contributed by atoms with Gasteiger partial charge in [0.05, 0.1) is 19.8 Å². The minimum atomic E-state index is -0.751. The Morgan fingerprint density at radius 2 is 2.25 bits per heavy atom. The minimum absolute atomic E-state index is 0.223. The maximum absolute atomic E-state index is 13.6. The highest BCUT2D eigenvalue weighted by Gasteiger charge is 2.09. The Hall–Kier alpha value is -0.780. The number of thioether (sulfide) groups is 1. The van der Waals surface area contributed by atoms with E-state index in [4.69, 9.17) is 14.9 Å². The summed E-state index contributed by atoms with van der Waals surface area (Å²) >= 11 is 1.37. The van der Waals surface area contributed by atoms with Crippen LogP contribution in [0.1, 0.15) is 5.56 Å². The third-order valence-electron chi connectivity index (χ3n) is 2.04. The molecule has 16 heavy (non-hydrogen) atoms. The van der Waals surface area contributed by atoms with Gasteiger partial charge in [-0.15, -0.1) is 0 Å². The molecule has 0 aromatic heterocycles. The van der Waals surface area contributed by atoms with Crippen LogP contribution in [0.25, 0.3) is 0 Å². The van der Waals surface area contributed by atoms with Crippen LogP contribution in [-0.4, -0.2) is 35.8 Å². The van der Waals surface area contributed by atoms with E-state index in [0.29, 0.717) is 17.1 Å². The lowest BCUT2D eigenvalue weighted by Gasteiger charge is -2.09. The highest BCUT2D eigenvalue weighted by Crippen LogP contribution is 2.23. The van der Waals surface area contributed by atoms with Crippen molar-refractivity contribution in [3.05, 3.63) is 29.6 Å². The molecule has 90 valence electrons.